The van der Waals surface area contributed by atoms with Crippen molar-refractivity contribution in [3.63, 3.8) is 0 Å². The lowest BCUT2D eigenvalue weighted by Gasteiger charge is -1.92. The van der Waals surface area contributed by atoms with E-state index in [1.807, 2.05) is 6.07 Å². The molecule has 0 amide bonds. The Balaban J connectivity index is 2.66. The number of fused-ring (bicyclic) bond motifs is 1. The summed E-state index contributed by atoms with van der Waals surface area (Å²) in [5.41, 5.74) is 7.82. The number of rotatable bonds is 1. The lowest BCUT2D eigenvalue weighted by molar-refractivity contribution is 1.44. The van der Waals surface area contributed by atoms with Crippen molar-refractivity contribution < 1.29 is 0 Å². The van der Waals surface area contributed by atoms with Crippen molar-refractivity contribution in [2.75, 3.05) is 5.73 Å². The molecule has 0 spiro atoms. The SMILES string of the molecule is Nc1nc2ccc(CBr)cc2s1. The molecule has 2 rings (SSSR count). The second-order valence-electron chi connectivity index (χ2n) is 2.49. The number of halogens is 1. The summed E-state index contributed by atoms with van der Waals surface area (Å²) in [7, 11) is 0. The van der Waals surface area contributed by atoms with Crippen LogP contribution in [0.5, 0.6) is 0 Å². The molecule has 1 aromatic heterocycles. The molecule has 4 heteroatoms. The highest BCUT2D eigenvalue weighted by Gasteiger charge is 2.00. The van der Waals surface area contributed by atoms with Gasteiger partial charge in [0.05, 0.1) is 10.2 Å². The van der Waals surface area contributed by atoms with E-state index in [9.17, 15) is 0 Å². The Morgan fingerprint density at radius 2 is 2.33 bits per heavy atom. The largest absolute Gasteiger partial charge is 0.375 e. The minimum Gasteiger partial charge on any atom is -0.375 e. The molecule has 0 saturated carbocycles. The first-order chi connectivity index (χ1) is 5.79. The zero-order valence-corrected chi connectivity index (χ0v) is 8.65. The van der Waals surface area contributed by atoms with Crippen LogP contribution in [-0.4, -0.2) is 4.98 Å². The number of alkyl halides is 1. The highest BCUT2D eigenvalue weighted by atomic mass is 79.9. The minimum atomic E-state index is 0.636. The zero-order valence-electron chi connectivity index (χ0n) is 6.25. The Morgan fingerprint density at radius 1 is 1.50 bits per heavy atom. The van der Waals surface area contributed by atoms with E-state index in [0.717, 1.165) is 15.5 Å². The summed E-state index contributed by atoms with van der Waals surface area (Å²) in [6, 6.07) is 6.16. The topological polar surface area (TPSA) is 38.9 Å². The van der Waals surface area contributed by atoms with Gasteiger partial charge in [-0.1, -0.05) is 33.3 Å². The van der Waals surface area contributed by atoms with Gasteiger partial charge < -0.3 is 5.73 Å². The van der Waals surface area contributed by atoms with Crippen molar-refractivity contribution in [3.05, 3.63) is 23.8 Å². The third-order valence-electron chi connectivity index (χ3n) is 1.62. The Labute approximate surface area is 82.5 Å². The van der Waals surface area contributed by atoms with Crippen molar-refractivity contribution in [1.82, 2.24) is 4.98 Å². The van der Waals surface area contributed by atoms with E-state index in [-0.39, 0.29) is 0 Å². The van der Waals surface area contributed by atoms with Crippen LogP contribution in [0.1, 0.15) is 5.56 Å². The summed E-state index contributed by atoms with van der Waals surface area (Å²) in [5, 5.41) is 1.51. The summed E-state index contributed by atoms with van der Waals surface area (Å²) in [6.07, 6.45) is 0. The van der Waals surface area contributed by atoms with Gasteiger partial charge in [-0.15, -0.1) is 0 Å². The molecule has 2 nitrogen and oxygen atoms in total. The lowest BCUT2D eigenvalue weighted by atomic mass is 10.2. The van der Waals surface area contributed by atoms with Crippen molar-refractivity contribution >= 4 is 42.6 Å². The molecule has 0 bridgehead atoms. The number of hydrogen-bond acceptors (Lipinski definition) is 3. The van der Waals surface area contributed by atoms with E-state index in [0.29, 0.717) is 5.13 Å². The van der Waals surface area contributed by atoms with E-state index in [2.05, 4.69) is 33.0 Å². The molecule has 0 radical (unpaired) electrons. The van der Waals surface area contributed by atoms with Crippen LogP contribution in [0.2, 0.25) is 0 Å². The molecule has 1 heterocycles. The first kappa shape index (κ1) is 8.01. The number of anilines is 1. The molecule has 0 aliphatic rings. The van der Waals surface area contributed by atoms with E-state index in [4.69, 9.17) is 5.73 Å². The second kappa shape index (κ2) is 3.03. The Hall–Kier alpha value is -0.610. The zero-order chi connectivity index (χ0) is 8.55. The van der Waals surface area contributed by atoms with E-state index < -0.39 is 0 Å². The molecule has 0 saturated heterocycles. The monoisotopic (exact) mass is 242 g/mol. The van der Waals surface area contributed by atoms with E-state index >= 15 is 0 Å². The number of thiazole rings is 1. The Morgan fingerprint density at radius 3 is 3.08 bits per heavy atom. The fourth-order valence-electron chi connectivity index (χ4n) is 1.07. The number of benzene rings is 1. The maximum atomic E-state index is 5.58. The molecule has 0 fully saturated rings. The summed E-state index contributed by atoms with van der Waals surface area (Å²) in [4.78, 5) is 4.17. The summed E-state index contributed by atoms with van der Waals surface area (Å²) in [6.45, 7) is 0. The van der Waals surface area contributed by atoms with Gasteiger partial charge in [0.2, 0.25) is 0 Å². The molecule has 2 N–H and O–H groups in total. The van der Waals surface area contributed by atoms with Crippen LogP contribution in [0.3, 0.4) is 0 Å². The lowest BCUT2D eigenvalue weighted by Crippen LogP contribution is -1.79. The maximum absolute atomic E-state index is 5.58. The van der Waals surface area contributed by atoms with Crippen molar-refractivity contribution in [1.29, 1.82) is 0 Å². The summed E-state index contributed by atoms with van der Waals surface area (Å²) >= 11 is 4.93. The van der Waals surface area contributed by atoms with Gasteiger partial charge in [-0.25, -0.2) is 4.98 Å². The van der Waals surface area contributed by atoms with Gasteiger partial charge in [0.1, 0.15) is 0 Å². The summed E-state index contributed by atoms with van der Waals surface area (Å²) < 4.78 is 1.16. The molecule has 12 heavy (non-hydrogen) atoms. The van der Waals surface area contributed by atoms with Crippen LogP contribution >= 0.6 is 27.3 Å². The second-order valence-corrected chi connectivity index (χ2v) is 4.11. The average molecular weight is 243 g/mol. The third kappa shape index (κ3) is 1.32. The van der Waals surface area contributed by atoms with E-state index in [1.165, 1.54) is 16.9 Å². The standard InChI is InChI=1S/C8H7BrN2S/c9-4-5-1-2-6-7(3-5)12-8(10)11-6/h1-3H,4H2,(H2,10,11). The van der Waals surface area contributed by atoms with Crippen LogP contribution in [0, 0.1) is 0 Å². The van der Waals surface area contributed by atoms with Crippen LogP contribution in [0.15, 0.2) is 18.2 Å². The van der Waals surface area contributed by atoms with Crippen LogP contribution in [-0.2, 0) is 5.33 Å². The maximum Gasteiger partial charge on any atom is 0.181 e. The molecule has 1 aromatic carbocycles. The van der Waals surface area contributed by atoms with Gasteiger partial charge in [0, 0.05) is 5.33 Å². The summed E-state index contributed by atoms with van der Waals surface area (Å²) in [5.74, 6) is 0. The predicted octanol–water partition coefficient (Wildman–Crippen LogP) is 2.77. The van der Waals surface area contributed by atoms with Crippen molar-refractivity contribution in [2.24, 2.45) is 0 Å². The fourth-order valence-corrected chi connectivity index (χ4v) is 2.22. The van der Waals surface area contributed by atoms with E-state index in [1.54, 1.807) is 0 Å². The van der Waals surface area contributed by atoms with Gasteiger partial charge in [0.15, 0.2) is 5.13 Å². The van der Waals surface area contributed by atoms with Crippen LogP contribution in [0.4, 0.5) is 5.13 Å². The highest BCUT2D eigenvalue weighted by molar-refractivity contribution is 9.08. The number of nitrogens with zero attached hydrogens (tertiary/aromatic N) is 1. The Kier molecular flexibility index (Phi) is 2.02. The smallest absolute Gasteiger partial charge is 0.181 e. The van der Waals surface area contributed by atoms with Gasteiger partial charge in [-0.05, 0) is 17.7 Å². The van der Waals surface area contributed by atoms with Gasteiger partial charge >= 0.3 is 0 Å². The number of nitrogen functional groups attached to an aromatic ring is 1. The molecule has 0 unspecified atom stereocenters. The number of hydrogen-bond donors (Lipinski definition) is 1. The third-order valence-corrected chi connectivity index (χ3v) is 3.12. The fraction of sp³-hybridized carbons (Fsp3) is 0.125. The molecule has 62 valence electrons. The predicted molar refractivity (Wildman–Crippen MR) is 56.7 cm³/mol. The van der Waals surface area contributed by atoms with Crippen molar-refractivity contribution in [3.8, 4) is 0 Å². The first-order valence-electron chi connectivity index (χ1n) is 3.50. The quantitative estimate of drug-likeness (QED) is 0.782. The minimum absolute atomic E-state index is 0.636. The van der Waals surface area contributed by atoms with Gasteiger partial charge in [0.25, 0.3) is 0 Å². The average Bonchev–Trinajstić information content (AvgIpc) is 2.43. The first-order valence-corrected chi connectivity index (χ1v) is 5.44. The number of nitrogens with two attached hydrogens (primary N) is 1. The highest BCUT2D eigenvalue weighted by Crippen LogP contribution is 2.25. The van der Waals surface area contributed by atoms with Crippen molar-refractivity contribution in [2.45, 2.75) is 5.33 Å². The van der Waals surface area contributed by atoms with Crippen LogP contribution < -0.4 is 5.73 Å². The Bertz CT molecular complexity index is 410. The molecule has 2 aromatic rings. The molecule has 0 atom stereocenters. The molecule has 0 aliphatic carbocycles. The van der Waals surface area contributed by atoms with Gasteiger partial charge in [-0.3, -0.25) is 0 Å². The molecular weight excluding hydrogens is 236 g/mol. The van der Waals surface area contributed by atoms with Crippen LogP contribution in [0.25, 0.3) is 10.2 Å². The molecular formula is C8H7BrN2S. The number of aromatic nitrogens is 1. The normalized spacial score (nSPS) is 10.8. The molecule has 0 aliphatic heterocycles. The van der Waals surface area contributed by atoms with Gasteiger partial charge in [-0.2, -0.15) is 0 Å².